The van der Waals surface area contributed by atoms with Crippen molar-refractivity contribution < 1.29 is 28.4 Å². The minimum atomic E-state index is -0.666. The van der Waals surface area contributed by atoms with Crippen molar-refractivity contribution in [2.24, 2.45) is 0 Å². The van der Waals surface area contributed by atoms with E-state index in [0.717, 1.165) is 12.1 Å². The Hall–Kier alpha value is -2.78. The Morgan fingerprint density at radius 1 is 1.03 bits per heavy atom. The van der Waals surface area contributed by atoms with Gasteiger partial charge in [-0.25, -0.2) is 9.37 Å². The maximum absolute atomic E-state index is 13.9. The predicted molar refractivity (Wildman–Crippen MR) is 132 cm³/mol. The van der Waals surface area contributed by atoms with Crippen LogP contribution in [0.2, 0.25) is 10.0 Å². The first-order valence-corrected chi connectivity index (χ1v) is 11.7. The molecule has 0 amide bonds. The number of pyridine rings is 2. The molecule has 0 saturated heterocycles. The molecule has 1 N–H and O–H groups in total. The van der Waals surface area contributed by atoms with E-state index < -0.39 is 11.2 Å². The summed E-state index contributed by atoms with van der Waals surface area (Å²) >= 11 is 12.8. The van der Waals surface area contributed by atoms with Crippen molar-refractivity contribution in [3.05, 3.63) is 61.7 Å². The Bertz CT molecular complexity index is 1310. The fourth-order valence-corrected chi connectivity index (χ4v) is 4.00. The maximum atomic E-state index is 13.9. The lowest BCUT2D eigenvalue weighted by atomic mass is 10.1. The van der Waals surface area contributed by atoms with Crippen LogP contribution in [0.3, 0.4) is 0 Å². The van der Waals surface area contributed by atoms with Gasteiger partial charge in [0.15, 0.2) is 5.43 Å². The van der Waals surface area contributed by atoms with Gasteiger partial charge in [-0.15, -0.1) is 0 Å². The van der Waals surface area contributed by atoms with E-state index in [-0.39, 0.29) is 64.5 Å². The van der Waals surface area contributed by atoms with Gasteiger partial charge in [-0.05, 0) is 19.1 Å². The number of ether oxygens (including phenoxy) is 4. The standard InChI is InChI=1S/C24H24Cl2FN3O6/c1-15-10-20(32)21-23(30(15)22-16(13-28)11-17(27)12-18(22)25)19(26)14-29-24(21)36-9-8-35-7-6-34-5-4-33-3-2-31/h10-12,14,31H,2-9H2,1H3. The minimum absolute atomic E-state index is 0.0227. The first-order chi connectivity index (χ1) is 17.4. The van der Waals surface area contributed by atoms with Gasteiger partial charge in [-0.1, -0.05) is 23.2 Å². The van der Waals surface area contributed by atoms with Crippen LogP contribution in [0.4, 0.5) is 4.39 Å². The highest BCUT2D eigenvalue weighted by atomic mass is 35.5. The number of rotatable bonds is 13. The third kappa shape index (κ3) is 6.70. The highest BCUT2D eigenvalue weighted by Gasteiger charge is 2.21. The van der Waals surface area contributed by atoms with Gasteiger partial charge in [0.1, 0.15) is 23.9 Å². The Labute approximate surface area is 216 Å². The molecular weight excluding hydrogens is 516 g/mol. The number of benzene rings is 1. The van der Waals surface area contributed by atoms with Gasteiger partial charge in [0.25, 0.3) is 0 Å². The number of halogens is 3. The summed E-state index contributed by atoms with van der Waals surface area (Å²) in [6.07, 6.45) is 1.33. The molecule has 2 heterocycles. The van der Waals surface area contributed by atoms with Crippen molar-refractivity contribution in [2.45, 2.75) is 6.92 Å². The normalized spacial score (nSPS) is 11.1. The summed E-state index contributed by atoms with van der Waals surface area (Å²) in [5.41, 5.74) is 0.431. The second-order valence-corrected chi connectivity index (χ2v) is 8.24. The van der Waals surface area contributed by atoms with E-state index in [0.29, 0.717) is 32.1 Å². The smallest absolute Gasteiger partial charge is 0.227 e. The molecule has 0 aliphatic rings. The monoisotopic (exact) mass is 539 g/mol. The quantitative estimate of drug-likeness (QED) is 0.328. The lowest BCUT2D eigenvalue weighted by Gasteiger charge is -2.19. The van der Waals surface area contributed by atoms with Crippen molar-refractivity contribution in [3.63, 3.8) is 0 Å². The molecule has 3 aromatic rings. The second-order valence-electron chi connectivity index (χ2n) is 7.43. The summed E-state index contributed by atoms with van der Waals surface area (Å²) in [7, 11) is 0. The number of aliphatic hydroxyl groups is 1. The zero-order valence-corrected chi connectivity index (χ0v) is 20.9. The molecule has 0 aliphatic heterocycles. The summed E-state index contributed by atoms with van der Waals surface area (Å²) in [5.74, 6) is -0.633. The third-order valence-corrected chi connectivity index (χ3v) is 5.52. The Kier molecular flexibility index (Phi) is 10.4. The summed E-state index contributed by atoms with van der Waals surface area (Å²) in [5, 5.41) is 18.4. The molecule has 0 bridgehead atoms. The molecule has 12 heteroatoms. The van der Waals surface area contributed by atoms with E-state index in [9.17, 15) is 14.4 Å². The highest BCUT2D eigenvalue weighted by molar-refractivity contribution is 6.35. The number of hydrogen-bond acceptors (Lipinski definition) is 8. The van der Waals surface area contributed by atoms with E-state index in [2.05, 4.69) is 4.98 Å². The van der Waals surface area contributed by atoms with Crippen molar-refractivity contribution in [1.82, 2.24) is 9.55 Å². The molecular formula is C24H24Cl2FN3O6. The van der Waals surface area contributed by atoms with Crippen LogP contribution in [0.5, 0.6) is 5.88 Å². The van der Waals surface area contributed by atoms with Crippen LogP contribution in [0.1, 0.15) is 11.3 Å². The van der Waals surface area contributed by atoms with Crippen LogP contribution >= 0.6 is 23.2 Å². The summed E-state index contributed by atoms with van der Waals surface area (Å²) in [6.45, 7) is 3.63. The number of hydrogen-bond donors (Lipinski definition) is 1. The van der Waals surface area contributed by atoms with Gasteiger partial charge in [0.2, 0.25) is 5.88 Å². The van der Waals surface area contributed by atoms with Gasteiger partial charge in [0, 0.05) is 11.8 Å². The number of aryl methyl sites for hydroxylation is 1. The average Bonchev–Trinajstić information content (AvgIpc) is 2.84. The first-order valence-electron chi connectivity index (χ1n) is 11.0. The average molecular weight is 540 g/mol. The van der Waals surface area contributed by atoms with Crippen molar-refractivity contribution >= 4 is 34.1 Å². The molecule has 0 aliphatic carbocycles. The molecule has 0 fully saturated rings. The topological polar surface area (TPSA) is 116 Å². The highest BCUT2D eigenvalue weighted by Crippen LogP contribution is 2.34. The third-order valence-electron chi connectivity index (χ3n) is 4.95. The number of fused-ring (bicyclic) bond motifs is 1. The molecule has 1 aromatic carbocycles. The SMILES string of the molecule is Cc1cc(=O)c2c(OCCOCCOCCOCCO)ncc(Cl)c2n1-c1c(Cl)cc(F)cc1C#N. The lowest BCUT2D eigenvalue weighted by molar-refractivity contribution is 0.00349. The molecule has 0 radical (unpaired) electrons. The fraction of sp³-hybridized carbons (Fsp3) is 0.375. The molecule has 0 spiro atoms. The van der Waals surface area contributed by atoms with E-state index in [1.54, 1.807) is 6.92 Å². The van der Waals surface area contributed by atoms with Gasteiger partial charge in [-0.2, -0.15) is 5.26 Å². The van der Waals surface area contributed by atoms with Gasteiger partial charge in [0.05, 0.1) is 79.3 Å². The van der Waals surface area contributed by atoms with E-state index in [1.165, 1.54) is 16.8 Å². The van der Waals surface area contributed by atoms with Gasteiger partial charge in [-0.3, -0.25) is 4.79 Å². The summed E-state index contributed by atoms with van der Waals surface area (Å²) in [4.78, 5) is 17.1. The van der Waals surface area contributed by atoms with E-state index in [4.69, 9.17) is 47.3 Å². The lowest BCUT2D eigenvalue weighted by Crippen LogP contribution is -2.16. The van der Waals surface area contributed by atoms with Crippen molar-refractivity contribution in [2.75, 3.05) is 52.9 Å². The predicted octanol–water partition coefficient (Wildman–Crippen LogP) is 3.43. The Balaban J connectivity index is 1.78. The van der Waals surface area contributed by atoms with Crippen molar-refractivity contribution in [3.8, 4) is 17.6 Å². The molecule has 0 unspecified atom stereocenters. The molecule has 0 atom stereocenters. The number of aliphatic hydroxyl groups excluding tert-OH is 1. The Morgan fingerprint density at radius 2 is 1.67 bits per heavy atom. The molecule has 0 saturated carbocycles. The molecule has 2 aromatic heterocycles. The van der Waals surface area contributed by atoms with Crippen LogP contribution < -0.4 is 10.2 Å². The second kappa shape index (κ2) is 13.5. The first kappa shape index (κ1) is 27.8. The van der Waals surface area contributed by atoms with Crippen LogP contribution in [0.25, 0.3) is 16.6 Å². The van der Waals surface area contributed by atoms with Crippen molar-refractivity contribution in [1.29, 1.82) is 5.26 Å². The van der Waals surface area contributed by atoms with Crippen LogP contribution in [0, 0.1) is 24.1 Å². The van der Waals surface area contributed by atoms with E-state index >= 15 is 0 Å². The Morgan fingerprint density at radius 3 is 2.31 bits per heavy atom. The summed E-state index contributed by atoms with van der Waals surface area (Å²) in [6, 6.07) is 5.41. The largest absolute Gasteiger partial charge is 0.475 e. The maximum Gasteiger partial charge on any atom is 0.227 e. The molecule has 192 valence electrons. The number of nitrogens with zero attached hydrogens (tertiary/aromatic N) is 3. The fourth-order valence-electron chi connectivity index (χ4n) is 3.48. The zero-order valence-electron chi connectivity index (χ0n) is 19.4. The molecule has 3 rings (SSSR count). The van der Waals surface area contributed by atoms with Crippen LogP contribution in [-0.4, -0.2) is 67.5 Å². The van der Waals surface area contributed by atoms with Gasteiger partial charge >= 0.3 is 0 Å². The molecule has 9 nitrogen and oxygen atoms in total. The molecule has 36 heavy (non-hydrogen) atoms. The van der Waals surface area contributed by atoms with Crippen LogP contribution in [-0.2, 0) is 14.2 Å². The van der Waals surface area contributed by atoms with E-state index in [1.807, 2.05) is 6.07 Å². The zero-order chi connectivity index (χ0) is 26.1. The van der Waals surface area contributed by atoms with Crippen LogP contribution in [0.15, 0.2) is 29.2 Å². The van der Waals surface area contributed by atoms with Gasteiger partial charge < -0.3 is 28.6 Å². The number of nitriles is 1. The minimum Gasteiger partial charge on any atom is -0.475 e. The summed E-state index contributed by atoms with van der Waals surface area (Å²) < 4.78 is 37.0. The number of aromatic nitrogens is 2.